The molecule has 2 aliphatic heterocycles. The number of rotatable bonds is 4. The predicted molar refractivity (Wildman–Crippen MR) is 91.2 cm³/mol. The van der Waals surface area contributed by atoms with Gasteiger partial charge >= 0.3 is 6.03 Å². The molecule has 0 bridgehead atoms. The van der Waals surface area contributed by atoms with E-state index >= 15 is 0 Å². The Balaban J connectivity index is 1.87. The number of urea groups is 1. The molecule has 1 unspecified atom stereocenters. The first-order valence-electron chi connectivity index (χ1n) is 8.49. The van der Waals surface area contributed by atoms with Crippen molar-refractivity contribution in [3.05, 3.63) is 24.3 Å². The Hall–Kier alpha value is -2.55. The largest absolute Gasteiger partial charge is 0.383 e. The molecule has 1 aromatic rings. The molecule has 1 atom stereocenters. The molecular weight excluding hydrogens is 338 g/mol. The minimum Gasteiger partial charge on any atom is -0.383 e. The Bertz CT molecular complexity index is 708. The minimum absolute atomic E-state index is 0.158. The second kappa shape index (κ2) is 6.99. The van der Waals surface area contributed by atoms with Crippen LogP contribution in [-0.4, -0.2) is 88.5 Å². The van der Waals surface area contributed by atoms with Crippen LogP contribution in [0.25, 0.3) is 0 Å². The normalized spacial score (nSPS) is 22.4. The standard InChI is InChI=1S/C17H23N5O4/c1-17(2)9-20(14(23)12-6-18-11-19-7-12)8-13-15(24)21(4-5-26-3)16(25)22(13)10-17/h6-7,11,13H,4-5,8-10H2,1-3H3. The van der Waals surface area contributed by atoms with Crippen molar-refractivity contribution in [1.82, 2.24) is 24.7 Å². The number of nitrogens with zero attached hydrogens (tertiary/aromatic N) is 5. The maximum Gasteiger partial charge on any atom is 0.327 e. The van der Waals surface area contributed by atoms with Crippen molar-refractivity contribution in [2.75, 3.05) is 39.9 Å². The lowest BCUT2D eigenvalue weighted by molar-refractivity contribution is -0.128. The molecule has 0 aliphatic carbocycles. The molecule has 0 spiro atoms. The molecule has 3 rings (SSSR count). The molecule has 0 saturated carbocycles. The van der Waals surface area contributed by atoms with E-state index in [4.69, 9.17) is 4.74 Å². The number of imide groups is 1. The van der Waals surface area contributed by atoms with Gasteiger partial charge in [-0.2, -0.15) is 0 Å². The number of aromatic nitrogens is 2. The van der Waals surface area contributed by atoms with E-state index in [-0.39, 0.29) is 43.0 Å². The molecule has 0 aromatic carbocycles. The predicted octanol–water partition coefficient (Wildman–Crippen LogP) is 0.238. The second-order valence-electron chi connectivity index (χ2n) is 7.39. The van der Waals surface area contributed by atoms with Crippen LogP contribution in [0.3, 0.4) is 0 Å². The summed E-state index contributed by atoms with van der Waals surface area (Å²) in [5, 5.41) is 0. The van der Waals surface area contributed by atoms with Crippen LogP contribution < -0.4 is 0 Å². The number of carbonyl (C=O) groups excluding carboxylic acids is 3. The zero-order valence-electron chi connectivity index (χ0n) is 15.2. The van der Waals surface area contributed by atoms with Gasteiger partial charge in [-0.1, -0.05) is 13.8 Å². The lowest BCUT2D eigenvalue weighted by Gasteiger charge is -2.30. The van der Waals surface area contributed by atoms with Gasteiger partial charge in [0, 0.05) is 38.0 Å². The second-order valence-corrected chi connectivity index (χ2v) is 7.39. The third-order valence-corrected chi connectivity index (χ3v) is 4.63. The number of carbonyl (C=O) groups is 3. The molecule has 140 valence electrons. The minimum atomic E-state index is -0.672. The fourth-order valence-corrected chi connectivity index (χ4v) is 3.49. The summed E-state index contributed by atoms with van der Waals surface area (Å²) in [5.41, 5.74) is 0.0116. The highest BCUT2D eigenvalue weighted by Gasteiger charge is 2.50. The van der Waals surface area contributed by atoms with Crippen LogP contribution in [0.5, 0.6) is 0 Å². The Kier molecular flexibility index (Phi) is 4.90. The van der Waals surface area contributed by atoms with E-state index in [1.807, 2.05) is 13.8 Å². The van der Waals surface area contributed by atoms with Gasteiger partial charge in [0.15, 0.2) is 0 Å². The van der Waals surface area contributed by atoms with E-state index in [0.29, 0.717) is 18.7 Å². The SMILES string of the molecule is COCCN1C(=O)C2CN(C(=O)c3cncnc3)CC(C)(C)CN2C1=O. The highest BCUT2D eigenvalue weighted by atomic mass is 16.5. The van der Waals surface area contributed by atoms with Crippen molar-refractivity contribution >= 4 is 17.8 Å². The molecule has 4 amide bonds. The zero-order valence-corrected chi connectivity index (χ0v) is 15.2. The van der Waals surface area contributed by atoms with Crippen LogP contribution in [0.2, 0.25) is 0 Å². The van der Waals surface area contributed by atoms with Gasteiger partial charge in [0.25, 0.3) is 11.8 Å². The summed E-state index contributed by atoms with van der Waals surface area (Å²) in [6.45, 7) is 5.45. The molecular formula is C17H23N5O4. The molecule has 9 nitrogen and oxygen atoms in total. The highest BCUT2D eigenvalue weighted by Crippen LogP contribution is 2.30. The Morgan fingerprint density at radius 2 is 1.96 bits per heavy atom. The molecule has 9 heteroatoms. The van der Waals surface area contributed by atoms with E-state index in [9.17, 15) is 14.4 Å². The summed E-state index contributed by atoms with van der Waals surface area (Å²) in [6, 6.07) is -0.989. The van der Waals surface area contributed by atoms with E-state index in [1.54, 1.807) is 9.80 Å². The van der Waals surface area contributed by atoms with Gasteiger partial charge in [-0.15, -0.1) is 0 Å². The Morgan fingerprint density at radius 3 is 2.62 bits per heavy atom. The molecule has 3 heterocycles. The van der Waals surface area contributed by atoms with Crippen molar-refractivity contribution in [1.29, 1.82) is 0 Å². The van der Waals surface area contributed by atoms with Gasteiger partial charge < -0.3 is 14.5 Å². The number of ether oxygens (including phenoxy) is 1. The molecule has 0 N–H and O–H groups in total. The summed E-state index contributed by atoms with van der Waals surface area (Å²) in [7, 11) is 1.52. The van der Waals surface area contributed by atoms with Crippen LogP contribution in [0.1, 0.15) is 24.2 Å². The highest BCUT2D eigenvalue weighted by molar-refractivity contribution is 6.05. The lowest BCUT2D eigenvalue weighted by Crippen LogP contribution is -2.44. The molecule has 1 aromatic heterocycles. The van der Waals surface area contributed by atoms with Crippen molar-refractivity contribution in [2.45, 2.75) is 19.9 Å². The van der Waals surface area contributed by atoms with Crippen molar-refractivity contribution in [2.24, 2.45) is 5.41 Å². The van der Waals surface area contributed by atoms with Crippen LogP contribution >= 0.6 is 0 Å². The fourth-order valence-electron chi connectivity index (χ4n) is 3.49. The molecule has 2 fully saturated rings. The zero-order chi connectivity index (χ0) is 18.9. The van der Waals surface area contributed by atoms with Crippen molar-refractivity contribution in [3.63, 3.8) is 0 Å². The van der Waals surface area contributed by atoms with Crippen LogP contribution in [0, 0.1) is 5.41 Å². The van der Waals surface area contributed by atoms with Crippen molar-refractivity contribution < 1.29 is 19.1 Å². The van der Waals surface area contributed by atoms with E-state index in [1.165, 1.54) is 30.7 Å². The molecule has 0 radical (unpaired) electrons. The number of hydrogen-bond donors (Lipinski definition) is 0. The fraction of sp³-hybridized carbons (Fsp3) is 0.588. The van der Waals surface area contributed by atoms with Gasteiger partial charge in [-0.05, 0) is 0 Å². The van der Waals surface area contributed by atoms with Crippen LogP contribution in [-0.2, 0) is 9.53 Å². The summed E-state index contributed by atoms with van der Waals surface area (Å²) in [5.74, 6) is -0.525. The third-order valence-electron chi connectivity index (χ3n) is 4.63. The number of amides is 4. The Labute approximate surface area is 151 Å². The summed E-state index contributed by atoms with van der Waals surface area (Å²) < 4.78 is 4.99. The number of hydrogen-bond acceptors (Lipinski definition) is 6. The van der Waals surface area contributed by atoms with E-state index < -0.39 is 6.04 Å². The number of methoxy groups -OCH3 is 1. The Morgan fingerprint density at radius 1 is 1.27 bits per heavy atom. The lowest BCUT2D eigenvalue weighted by atomic mass is 9.92. The summed E-state index contributed by atoms with van der Waals surface area (Å²) in [4.78, 5) is 50.5. The smallest absolute Gasteiger partial charge is 0.327 e. The topological polar surface area (TPSA) is 95.9 Å². The van der Waals surface area contributed by atoms with E-state index in [0.717, 1.165) is 0 Å². The average molecular weight is 361 g/mol. The first kappa shape index (κ1) is 18.2. The molecule has 2 saturated heterocycles. The molecule has 26 heavy (non-hydrogen) atoms. The first-order chi connectivity index (χ1) is 12.3. The quantitative estimate of drug-likeness (QED) is 0.713. The van der Waals surface area contributed by atoms with Gasteiger partial charge in [0.1, 0.15) is 12.4 Å². The van der Waals surface area contributed by atoms with Gasteiger partial charge in [-0.25, -0.2) is 14.8 Å². The third kappa shape index (κ3) is 3.39. The van der Waals surface area contributed by atoms with Gasteiger partial charge in [0.05, 0.1) is 25.3 Å². The first-order valence-corrected chi connectivity index (χ1v) is 8.49. The van der Waals surface area contributed by atoms with E-state index in [2.05, 4.69) is 9.97 Å². The van der Waals surface area contributed by atoms with Crippen LogP contribution in [0.4, 0.5) is 4.79 Å². The van der Waals surface area contributed by atoms with Crippen LogP contribution in [0.15, 0.2) is 18.7 Å². The average Bonchev–Trinajstić information content (AvgIpc) is 2.75. The maximum absolute atomic E-state index is 12.9. The summed E-state index contributed by atoms with van der Waals surface area (Å²) in [6.07, 6.45) is 4.27. The maximum atomic E-state index is 12.9. The summed E-state index contributed by atoms with van der Waals surface area (Å²) >= 11 is 0. The van der Waals surface area contributed by atoms with Crippen molar-refractivity contribution in [3.8, 4) is 0 Å². The van der Waals surface area contributed by atoms with Gasteiger partial charge in [0.2, 0.25) is 0 Å². The number of fused-ring (bicyclic) bond motifs is 1. The van der Waals surface area contributed by atoms with Gasteiger partial charge in [-0.3, -0.25) is 14.5 Å². The molecule has 2 aliphatic rings. The monoisotopic (exact) mass is 361 g/mol.